The van der Waals surface area contributed by atoms with Crippen LogP contribution in [0.2, 0.25) is 0 Å². The Morgan fingerprint density at radius 1 is 0.682 bits per heavy atom. The van der Waals surface area contributed by atoms with Gasteiger partial charge in [-0.05, 0) is 97.2 Å². The molecule has 0 saturated carbocycles. The number of amidine groups is 1. The maximum absolute atomic E-state index is 12.8. The van der Waals surface area contributed by atoms with Crippen molar-refractivity contribution in [3.05, 3.63) is 141 Å². The molecule has 0 bridgehead atoms. The Morgan fingerprint density at radius 3 is 1.61 bits per heavy atom. The molecule has 0 spiro atoms. The highest BCUT2D eigenvalue weighted by atomic mass is 16.5. The zero-order valence-corrected chi connectivity index (χ0v) is 38.7. The van der Waals surface area contributed by atoms with Gasteiger partial charge in [-0.15, -0.1) is 0 Å². The van der Waals surface area contributed by atoms with Gasteiger partial charge in [0.05, 0.1) is 11.1 Å². The van der Waals surface area contributed by atoms with Crippen LogP contribution in [0.4, 0.5) is 0 Å². The number of hydrogen-bond acceptors (Lipinski definition) is 13. The number of ether oxygens (including phenoxy) is 2. The number of oxime groups is 1. The zero-order valence-electron chi connectivity index (χ0n) is 38.7. The van der Waals surface area contributed by atoms with Gasteiger partial charge in [-0.1, -0.05) is 109 Å². The molecule has 0 unspecified atom stereocenters. The van der Waals surface area contributed by atoms with Gasteiger partial charge in [-0.2, -0.15) is 4.98 Å². The predicted octanol–water partition coefficient (Wildman–Crippen LogP) is 9.66. The normalized spacial score (nSPS) is 11.3. The maximum atomic E-state index is 12.8. The van der Waals surface area contributed by atoms with Gasteiger partial charge in [0.2, 0.25) is 11.7 Å². The lowest BCUT2D eigenvalue weighted by Gasteiger charge is -2.17. The first kappa shape index (κ1) is 47.7. The Bertz CT molecular complexity index is 2790. The number of aryl methyl sites for hydroxylation is 3. The maximum Gasteiger partial charge on any atom is 0.274 e. The molecule has 2 amide bonds. The van der Waals surface area contributed by atoms with Crippen LogP contribution in [0.3, 0.4) is 0 Å². The minimum Gasteiger partial charge on any atom is -0.488 e. The number of rotatable bonds is 16. The molecule has 0 aliphatic rings. The van der Waals surface area contributed by atoms with E-state index < -0.39 is 5.91 Å². The molecule has 7 rings (SSSR count). The van der Waals surface area contributed by atoms with E-state index in [1.807, 2.05) is 98.8 Å². The summed E-state index contributed by atoms with van der Waals surface area (Å²) in [6.45, 7) is 19.3. The van der Waals surface area contributed by atoms with Gasteiger partial charge in [-0.25, -0.2) is 0 Å². The van der Waals surface area contributed by atoms with E-state index in [1.165, 1.54) is 0 Å². The molecule has 0 saturated heterocycles. The van der Waals surface area contributed by atoms with Gasteiger partial charge in [0.25, 0.3) is 11.8 Å². The topological polar surface area (TPSA) is 226 Å². The van der Waals surface area contributed by atoms with Crippen molar-refractivity contribution in [3.63, 3.8) is 0 Å². The molecular weight excluding hydrogens is 841 g/mol. The van der Waals surface area contributed by atoms with E-state index in [0.29, 0.717) is 66.1 Å². The molecule has 5 N–H and O–H groups in total. The Hall–Kier alpha value is -7.75. The molecule has 0 aliphatic carbocycles. The highest BCUT2D eigenvalue weighted by Crippen LogP contribution is 2.42. The van der Waals surface area contributed by atoms with Crippen LogP contribution in [0, 0.1) is 20.8 Å². The number of nitrogens with two attached hydrogens (primary N) is 1. The Kier molecular flexibility index (Phi) is 15.7. The van der Waals surface area contributed by atoms with E-state index in [4.69, 9.17) is 28.8 Å². The van der Waals surface area contributed by atoms with Crippen LogP contribution in [-0.2, 0) is 13.2 Å². The fourth-order valence-corrected chi connectivity index (χ4v) is 7.35. The molecule has 3 heterocycles. The van der Waals surface area contributed by atoms with Gasteiger partial charge in [0.15, 0.2) is 28.7 Å². The molecular formula is C50H56N8O8. The Morgan fingerprint density at radius 2 is 1.15 bits per heavy atom. The summed E-state index contributed by atoms with van der Waals surface area (Å²) in [5.41, 5.74) is 14.1. The first-order chi connectivity index (χ1) is 31.8. The third-order valence-corrected chi connectivity index (χ3v) is 10.5. The molecule has 7 aromatic rings. The number of carbonyl (C=O) groups is 2. The highest BCUT2D eigenvalue weighted by molar-refractivity contribution is 6.11. The third-order valence-electron chi connectivity index (χ3n) is 10.5. The van der Waals surface area contributed by atoms with E-state index in [-0.39, 0.29) is 52.1 Å². The van der Waals surface area contributed by atoms with Crippen LogP contribution in [0.15, 0.2) is 104 Å². The van der Waals surface area contributed by atoms with Crippen molar-refractivity contribution in [2.24, 2.45) is 10.9 Å². The average molecular weight is 897 g/mol. The van der Waals surface area contributed by atoms with Crippen LogP contribution in [0.5, 0.6) is 11.5 Å². The summed E-state index contributed by atoms with van der Waals surface area (Å²) < 4.78 is 28.9. The van der Waals surface area contributed by atoms with Crippen molar-refractivity contribution in [3.8, 4) is 45.5 Å². The van der Waals surface area contributed by atoms with Crippen LogP contribution >= 0.6 is 0 Å². The average Bonchev–Trinajstić information content (AvgIpc) is 4.07. The van der Waals surface area contributed by atoms with E-state index in [2.05, 4.69) is 70.9 Å². The van der Waals surface area contributed by atoms with Crippen molar-refractivity contribution in [1.82, 2.24) is 31.1 Å². The molecule has 344 valence electrons. The zero-order chi connectivity index (χ0) is 47.5. The van der Waals surface area contributed by atoms with Gasteiger partial charge in [0, 0.05) is 20.0 Å². The van der Waals surface area contributed by atoms with Crippen LogP contribution in [0.1, 0.15) is 119 Å². The van der Waals surface area contributed by atoms with Crippen molar-refractivity contribution >= 4 is 17.6 Å². The second kappa shape index (κ2) is 21.8. The van der Waals surface area contributed by atoms with Gasteiger partial charge >= 0.3 is 0 Å². The molecule has 16 heteroatoms. The first-order valence-electron chi connectivity index (χ1n) is 21.7. The molecule has 16 nitrogen and oxygen atoms in total. The summed E-state index contributed by atoms with van der Waals surface area (Å²) >= 11 is 0. The van der Waals surface area contributed by atoms with Crippen LogP contribution in [-0.4, -0.2) is 56.4 Å². The molecule has 66 heavy (non-hydrogen) atoms. The largest absolute Gasteiger partial charge is 0.488 e. The fraction of sp³-hybridized carbons (Fsp3) is 0.300. The van der Waals surface area contributed by atoms with Crippen molar-refractivity contribution in [2.75, 3.05) is 13.1 Å². The monoisotopic (exact) mass is 896 g/mol. The first-order valence-corrected chi connectivity index (χ1v) is 21.7. The number of carbonyl (C=O) groups excluding carboxylic acids is 2. The summed E-state index contributed by atoms with van der Waals surface area (Å²) in [6, 6.07) is 27.6. The summed E-state index contributed by atoms with van der Waals surface area (Å²) in [5, 5.41) is 29.9. The quantitative estimate of drug-likeness (QED) is 0.0307. The summed E-state index contributed by atoms with van der Waals surface area (Å²) in [4.78, 5) is 29.6. The number of benzene rings is 4. The second-order valence-electron chi connectivity index (χ2n) is 16.1. The lowest BCUT2D eigenvalue weighted by molar-refractivity contribution is 0.0938. The minimum atomic E-state index is -0.480. The Labute approximate surface area is 383 Å². The minimum absolute atomic E-state index is 0.0576. The van der Waals surface area contributed by atoms with Crippen LogP contribution < -0.4 is 25.8 Å². The standard InChI is InChI=1S/C26H28N4O4.C24H28N4O4/c1-6-27-26(31)23-22(25-28-17(5)33-30-25)24(34-29-23)20-13-19(15(2)3)16(4)12-21(20)32-14-18-10-8-7-9-11-18;1-5-26-24(29)21-20(23(25)27-30)22(32-28-21)18-12-17(14(2)3)15(4)11-19(18)31-13-16-9-7-6-8-10-16/h7-13,15H,6,14H2,1-5H3,(H,27,31);6-12,14,30H,5,13H2,1-4H3,(H2,25,27)(H,26,29). The fourth-order valence-electron chi connectivity index (χ4n) is 7.35. The molecule has 0 fully saturated rings. The van der Waals surface area contributed by atoms with E-state index in [9.17, 15) is 14.8 Å². The SMILES string of the molecule is CCNC(=O)c1noc(-c2cc(C(C)C)c(C)cc2OCc2ccccc2)c1-c1noc(C)n1.CCNC(=O)c1noc(-c2cc(C(C)C)c(C)cc2OCc2ccccc2)c1C(N)=NO. The second-order valence-corrected chi connectivity index (χ2v) is 16.1. The highest BCUT2D eigenvalue weighted by Gasteiger charge is 2.31. The van der Waals surface area contributed by atoms with E-state index in [1.54, 1.807) is 13.8 Å². The summed E-state index contributed by atoms with van der Waals surface area (Å²) in [7, 11) is 0. The molecule has 3 aromatic heterocycles. The predicted molar refractivity (Wildman–Crippen MR) is 250 cm³/mol. The van der Waals surface area contributed by atoms with Crippen molar-refractivity contribution in [2.45, 2.75) is 87.4 Å². The van der Waals surface area contributed by atoms with E-state index in [0.717, 1.165) is 33.4 Å². The molecule has 0 radical (unpaired) electrons. The lowest BCUT2D eigenvalue weighted by Crippen LogP contribution is -2.26. The lowest BCUT2D eigenvalue weighted by atomic mass is 9.93. The molecule has 0 aliphatic heterocycles. The summed E-state index contributed by atoms with van der Waals surface area (Å²) in [6.07, 6.45) is 0. The number of aromatic nitrogens is 4. The van der Waals surface area contributed by atoms with Gasteiger partial charge in [-0.3, -0.25) is 9.59 Å². The van der Waals surface area contributed by atoms with Crippen molar-refractivity contribution in [1.29, 1.82) is 0 Å². The smallest absolute Gasteiger partial charge is 0.274 e. The third kappa shape index (κ3) is 10.9. The molecule has 0 atom stereocenters. The van der Waals surface area contributed by atoms with E-state index >= 15 is 0 Å². The number of nitrogens with zero attached hydrogens (tertiary/aromatic N) is 5. The Balaban J connectivity index is 0.000000219. The van der Waals surface area contributed by atoms with Gasteiger partial charge in [0.1, 0.15) is 35.8 Å². The molecule has 4 aromatic carbocycles. The number of hydrogen-bond donors (Lipinski definition) is 4. The van der Waals surface area contributed by atoms with Crippen molar-refractivity contribution < 1.29 is 37.8 Å². The summed E-state index contributed by atoms with van der Waals surface area (Å²) in [5.74, 6) is 1.68. The number of amides is 2. The van der Waals surface area contributed by atoms with Crippen LogP contribution in [0.25, 0.3) is 34.0 Å². The number of nitrogens with one attached hydrogen (secondary N) is 2. The van der Waals surface area contributed by atoms with Gasteiger partial charge < -0.3 is 44.6 Å².